The molecule has 2 aromatic rings. The lowest BCUT2D eigenvalue weighted by atomic mass is 10.0. The van der Waals surface area contributed by atoms with Crippen LogP contribution in [0.3, 0.4) is 0 Å². The minimum Gasteiger partial charge on any atom is -0.494 e. The molecule has 156 valence electrons. The highest BCUT2D eigenvalue weighted by Crippen LogP contribution is 2.47. The summed E-state index contributed by atoms with van der Waals surface area (Å²) in [6.07, 6.45) is 1.74. The number of nitrogen functional groups attached to an aromatic ring is 1. The van der Waals surface area contributed by atoms with Gasteiger partial charge < -0.3 is 10.5 Å². The summed E-state index contributed by atoms with van der Waals surface area (Å²) in [6, 6.07) is 10.9. The summed E-state index contributed by atoms with van der Waals surface area (Å²) in [4.78, 5) is 31.0. The lowest BCUT2D eigenvalue weighted by molar-refractivity contribution is -0.121. The van der Waals surface area contributed by atoms with Crippen LogP contribution in [0.25, 0.3) is 0 Å². The summed E-state index contributed by atoms with van der Waals surface area (Å²) in [5, 5.41) is 18.8. The Balaban J connectivity index is 1.62. The average Bonchev–Trinajstić information content (AvgIpc) is 3.55. The fraction of sp³-hybridized carbons (Fsp3) is 0.318. The molecule has 1 saturated heterocycles. The number of rotatable bonds is 6. The third-order valence-electron chi connectivity index (χ3n) is 5.20. The van der Waals surface area contributed by atoms with Crippen molar-refractivity contribution in [1.29, 1.82) is 10.5 Å². The maximum atomic E-state index is 13.0. The van der Waals surface area contributed by atoms with Crippen LogP contribution in [-0.2, 0) is 9.59 Å². The van der Waals surface area contributed by atoms with Crippen LogP contribution in [0.1, 0.15) is 48.8 Å². The largest absolute Gasteiger partial charge is 0.494 e. The number of nitrogens with zero attached hydrogens (tertiary/aromatic N) is 4. The van der Waals surface area contributed by atoms with Gasteiger partial charge in [-0.2, -0.15) is 10.5 Å². The molecule has 1 aliphatic carbocycles. The molecule has 1 aliphatic heterocycles. The van der Waals surface area contributed by atoms with Crippen molar-refractivity contribution in [2.75, 3.05) is 17.2 Å². The van der Waals surface area contributed by atoms with E-state index < -0.39 is 5.25 Å². The molecule has 0 radical (unpaired) electrons. The molecule has 1 atom stereocenters. The second-order valence-electron chi connectivity index (χ2n) is 7.27. The van der Waals surface area contributed by atoms with Gasteiger partial charge in [0.2, 0.25) is 11.8 Å². The van der Waals surface area contributed by atoms with Crippen LogP contribution in [0, 0.1) is 22.7 Å². The van der Waals surface area contributed by atoms with E-state index in [1.54, 1.807) is 24.3 Å². The summed E-state index contributed by atoms with van der Waals surface area (Å²) in [5.41, 5.74) is 7.57. The van der Waals surface area contributed by atoms with E-state index in [1.165, 1.54) is 0 Å². The van der Waals surface area contributed by atoms with E-state index in [0.29, 0.717) is 28.6 Å². The predicted molar refractivity (Wildman–Crippen MR) is 114 cm³/mol. The van der Waals surface area contributed by atoms with Crippen molar-refractivity contribution in [1.82, 2.24) is 4.98 Å². The number of thioether (sulfide) groups is 1. The summed E-state index contributed by atoms with van der Waals surface area (Å²) < 4.78 is 5.40. The quantitative estimate of drug-likeness (QED) is 0.687. The molecule has 1 aromatic carbocycles. The highest BCUT2D eigenvalue weighted by atomic mass is 32.2. The highest BCUT2D eigenvalue weighted by Gasteiger charge is 2.41. The maximum absolute atomic E-state index is 13.0. The van der Waals surface area contributed by atoms with Gasteiger partial charge in [-0.3, -0.25) is 9.59 Å². The molecule has 0 unspecified atom stereocenters. The number of pyridine rings is 1. The first-order valence-corrected chi connectivity index (χ1v) is 10.8. The summed E-state index contributed by atoms with van der Waals surface area (Å²) in [7, 11) is 0. The van der Waals surface area contributed by atoms with Gasteiger partial charge in [0.1, 0.15) is 28.7 Å². The zero-order chi connectivity index (χ0) is 22.1. The fourth-order valence-corrected chi connectivity index (χ4v) is 4.78. The normalized spacial score (nSPS) is 18.0. The number of imide groups is 1. The zero-order valence-electron chi connectivity index (χ0n) is 16.8. The number of amides is 2. The van der Waals surface area contributed by atoms with Crippen LogP contribution in [0.5, 0.6) is 5.75 Å². The van der Waals surface area contributed by atoms with Gasteiger partial charge >= 0.3 is 0 Å². The van der Waals surface area contributed by atoms with Crippen molar-refractivity contribution in [3.63, 3.8) is 0 Å². The van der Waals surface area contributed by atoms with Gasteiger partial charge in [-0.1, -0.05) is 11.8 Å². The van der Waals surface area contributed by atoms with Gasteiger partial charge in [-0.05, 0) is 55.5 Å². The van der Waals surface area contributed by atoms with Gasteiger partial charge in [-0.25, -0.2) is 9.88 Å². The van der Waals surface area contributed by atoms with Crippen molar-refractivity contribution in [2.45, 2.75) is 42.4 Å². The SMILES string of the molecule is CCOc1ccc(N2C(=O)C[C@H](Sc3nc(N)c(C#N)c(C4CC4)c3C#N)C2=O)cc1. The van der Waals surface area contributed by atoms with Crippen LogP contribution >= 0.6 is 11.8 Å². The minimum absolute atomic E-state index is 0.0120. The standard InChI is InChI=1S/C22H19N5O3S/c1-2-30-14-7-5-13(6-8-14)27-18(28)9-17(22(27)29)31-21-16(11-24)19(12-3-4-12)15(10-23)20(25)26-21/h5-8,12,17H,2-4,9H2,1H3,(H2,25,26)/t17-/m0/s1. The number of hydrogen-bond donors (Lipinski definition) is 1. The number of aromatic nitrogens is 1. The summed E-state index contributed by atoms with van der Waals surface area (Å²) in [6.45, 7) is 2.39. The number of benzene rings is 1. The third-order valence-corrected chi connectivity index (χ3v) is 6.38. The van der Waals surface area contributed by atoms with Gasteiger partial charge in [0.05, 0.1) is 28.7 Å². The Kier molecular flexibility index (Phi) is 5.53. The molecule has 4 rings (SSSR count). The van der Waals surface area contributed by atoms with Gasteiger partial charge in [-0.15, -0.1) is 0 Å². The molecule has 2 N–H and O–H groups in total. The second-order valence-corrected chi connectivity index (χ2v) is 8.46. The van der Waals surface area contributed by atoms with E-state index in [9.17, 15) is 20.1 Å². The number of carbonyl (C=O) groups is 2. The molecule has 1 saturated carbocycles. The number of anilines is 2. The predicted octanol–water partition coefficient (Wildman–Crippen LogP) is 3.11. The molecular weight excluding hydrogens is 414 g/mol. The van der Waals surface area contributed by atoms with Crippen molar-refractivity contribution >= 4 is 35.1 Å². The van der Waals surface area contributed by atoms with Crippen LogP contribution in [0.4, 0.5) is 11.5 Å². The van der Waals surface area contributed by atoms with Crippen LogP contribution in [-0.4, -0.2) is 28.7 Å². The Hall–Kier alpha value is -3.56. The lowest BCUT2D eigenvalue weighted by Crippen LogP contribution is -2.31. The van der Waals surface area contributed by atoms with Crippen LogP contribution in [0.2, 0.25) is 0 Å². The first kappa shape index (κ1) is 20.7. The molecule has 1 aromatic heterocycles. The van der Waals surface area contributed by atoms with Crippen molar-refractivity contribution < 1.29 is 14.3 Å². The monoisotopic (exact) mass is 433 g/mol. The highest BCUT2D eigenvalue weighted by molar-refractivity contribution is 8.00. The number of nitrogens with two attached hydrogens (primary N) is 1. The van der Waals surface area contributed by atoms with E-state index >= 15 is 0 Å². The van der Waals surface area contributed by atoms with E-state index in [4.69, 9.17) is 10.5 Å². The van der Waals surface area contributed by atoms with Gasteiger partial charge in [0.15, 0.2) is 0 Å². The lowest BCUT2D eigenvalue weighted by Gasteiger charge is -2.16. The van der Waals surface area contributed by atoms with Crippen LogP contribution < -0.4 is 15.4 Å². The van der Waals surface area contributed by atoms with Crippen LogP contribution in [0.15, 0.2) is 29.3 Å². The second kappa shape index (κ2) is 8.29. The van der Waals surface area contributed by atoms with Crippen molar-refractivity contribution in [3.8, 4) is 17.9 Å². The number of hydrogen-bond acceptors (Lipinski definition) is 8. The third kappa shape index (κ3) is 3.80. The fourth-order valence-electron chi connectivity index (χ4n) is 3.65. The minimum atomic E-state index is -0.724. The van der Waals surface area contributed by atoms with Crippen molar-refractivity contribution in [2.24, 2.45) is 0 Å². The molecule has 9 heteroatoms. The molecule has 2 amide bonds. The molecule has 31 heavy (non-hydrogen) atoms. The molecule has 2 aliphatic rings. The van der Waals surface area contributed by atoms with E-state index in [2.05, 4.69) is 17.1 Å². The first-order chi connectivity index (χ1) is 15.0. The molecule has 2 fully saturated rings. The van der Waals surface area contributed by atoms with E-state index in [1.807, 2.05) is 6.92 Å². The Bertz CT molecular complexity index is 1150. The van der Waals surface area contributed by atoms with Crippen molar-refractivity contribution in [3.05, 3.63) is 41.0 Å². The summed E-state index contributed by atoms with van der Waals surface area (Å²) in [5.74, 6) is 0.107. The smallest absolute Gasteiger partial charge is 0.247 e. The molecular formula is C22H19N5O3S. The zero-order valence-corrected chi connectivity index (χ0v) is 17.6. The molecule has 8 nitrogen and oxygen atoms in total. The van der Waals surface area contributed by atoms with E-state index in [0.717, 1.165) is 29.5 Å². The Morgan fingerprint density at radius 1 is 1.19 bits per heavy atom. The molecule has 2 heterocycles. The Labute approximate surface area is 183 Å². The molecule has 0 bridgehead atoms. The average molecular weight is 433 g/mol. The van der Waals surface area contributed by atoms with Gasteiger partial charge in [0, 0.05) is 6.42 Å². The Morgan fingerprint density at radius 2 is 1.87 bits per heavy atom. The maximum Gasteiger partial charge on any atom is 0.247 e. The number of carbonyl (C=O) groups excluding carboxylic acids is 2. The first-order valence-electron chi connectivity index (χ1n) is 9.88. The van der Waals surface area contributed by atoms with Gasteiger partial charge in [0.25, 0.3) is 0 Å². The number of nitriles is 2. The topological polar surface area (TPSA) is 133 Å². The van der Waals surface area contributed by atoms with E-state index in [-0.39, 0.29) is 41.1 Å². The summed E-state index contributed by atoms with van der Waals surface area (Å²) >= 11 is 1.06. The molecule has 0 spiro atoms. The number of ether oxygens (including phenoxy) is 1. The Morgan fingerprint density at radius 3 is 2.45 bits per heavy atom.